The highest BCUT2D eigenvalue weighted by Crippen LogP contribution is 2.19. The molecular weight excluding hydrogens is 331 g/mol. The molecule has 4 nitrogen and oxygen atoms in total. The summed E-state index contributed by atoms with van der Waals surface area (Å²) in [6.07, 6.45) is 3.26. The minimum absolute atomic E-state index is 0.659. The van der Waals surface area contributed by atoms with Crippen molar-refractivity contribution >= 4 is 23.2 Å². The molecule has 118 valence electrons. The van der Waals surface area contributed by atoms with E-state index in [1.165, 1.54) is 11.1 Å². The Kier molecular flexibility index (Phi) is 5.28. The highest BCUT2D eigenvalue weighted by atomic mass is 35.5. The summed E-state index contributed by atoms with van der Waals surface area (Å²) in [7, 11) is 0. The second-order valence-corrected chi connectivity index (χ2v) is 6.16. The van der Waals surface area contributed by atoms with E-state index in [9.17, 15) is 0 Å². The number of aromatic nitrogens is 3. The van der Waals surface area contributed by atoms with Gasteiger partial charge in [0.05, 0.1) is 6.54 Å². The molecule has 0 bridgehead atoms. The van der Waals surface area contributed by atoms with Crippen LogP contribution < -0.4 is 5.32 Å². The average Bonchev–Trinajstić information content (AvgIpc) is 3.01. The zero-order valence-corrected chi connectivity index (χ0v) is 13.9. The Balaban J connectivity index is 1.52. The van der Waals surface area contributed by atoms with E-state index < -0.39 is 0 Å². The van der Waals surface area contributed by atoms with E-state index in [1.54, 1.807) is 23.4 Å². The second-order valence-electron chi connectivity index (χ2n) is 5.29. The Labute approximate surface area is 145 Å². The Bertz CT molecular complexity index is 735. The first-order valence-corrected chi connectivity index (χ1v) is 8.00. The van der Waals surface area contributed by atoms with Crippen molar-refractivity contribution in [2.75, 3.05) is 0 Å². The Morgan fingerprint density at radius 2 is 1.52 bits per heavy atom. The molecule has 23 heavy (non-hydrogen) atoms. The van der Waals surface area contributed by atoms with Gasteiger partial charge in [-0.3, -0.25) is 0 Å². The number of nitrogens with one attached hydrogen (secondary N) is 1. The molecular formula is C17H16Cl2N4. The maximum Gasteiger partial charge on any atom is 0.137 e. The molecule has 2 aromatic carbocycles. The summed E-state index contributed by atoms with van der Waals surface area (Å²) < 4.78 is 1.80. The van der Waals surface area contributed by atoms with Crippen molar-refractivity contribution in [3.05, 3.63) is 81.9 Å². The minimum atomic E-state index is 0.659. The number of nitrogens with zero attached hydrogens (tertiary/aromatic N) is 3. The number of hydrogen-bond acceptors (Lipinski definition) is 3. The van der Waals surface area contributed by atoms with Crippen molar-refractivity contribution in [3.63, 3.8) is 0 Å². The van der Waals surface area contributed by atoms with Gasteiger partial charge in [-0.25, -0.2) is 9.67 Å². The van der Waals surface area contributed by atoms with Crippen LogP contribution in [0.25, 0.3) is 0 Å². The van der Waals surface area contributed by atoms with Crippen LogP contribution in [0, 0.1) is 0 Å². The molecule has 0 saturated heterocycles. The van der Waals surface area contributed by atoms with E-state index in [2.05, 4.69) is 39.7 Å². The predicted molar refractivity (Wildman–Crippen MR) is 92.6 cm³/mol. The summed E-state index contributed by atoms with van der Waals surface area (Å²) in [5.41, 5.74) is 3.49. The minimum Gasteiger partial charge on any atom is -0.309 e. The molecule has 0 radical (unpaired) electrons. The first kappa shape index (κ1) is 16.0. The maximum atomic E-state index is 6.00. The lowest BCUT2D eigenvalue weighted by Crippen LogP contribution is -2.12. The zero-order chi connectivity index (χ0) is 16.1. The van der Waals surface area contributed by atoms with Crippen molar-refractivity contribution in [1.82, 2.24) is 20.1 Å². The van der Waals surface area contributed by atoms with Gasteiger partial charge in [0.15, 0.2) is 0 Å². The van der Waals surface area contributed by atoms with Gasteiger partial charge >= 0.3 is 0 Å². The Morgan fingerprint density at radius 3 is 2.17 bits per heavy atom. The van der Waals surface area contributed by atoms with E-state index >= 15 is 0 Å². The molecule has 6 heteroatoms. The lowest BCUT2D eigenvalue weighted by Gasteiger charge is -2.07. The van der Waals surface area contributed by atoms with E-state index in [0.29, 0.717) is 10.0 Å². The van der Waals surface area contributed by atoms with Gasteiger partial charge in [-0.05, 0) is 34.9 Å². The summed E-state index contributed by atoms with van der Waals surface area (Å²) in [6, 6.07) is 14.0. The molecule has 1 heterocycles. The third-order valence-electron chi connectivity index (χ3n) is 3.41. The fraction of sp³-hybridized carbons (Fsp3) is 0.176. The van der Waals surface area contributed by atoms with Gasteiger partial charge in [-0.1, -0.05) is 47.5 Å². The fourth-order valence-corrected chi connectivity index (χ4v) is 2.90. The zero-order valence-electron chi connectivity index (χ0n) is 12.4. The molecule has 0 saturated carbocycles. The molecule has 0 unspecified atom stereocenters. The van der Waals surface area contributed by atoms with Crippen LogP contribution in [-0.2, 0) is 19.6 Å². The second kappa shape index (κ2) is 7.59. The number of halogens is 2. The highest BCUT2D eigenvalue weighted by Gasteiger charge is 2.00. The van der Waals surface area contributed by atoms with Crippen LogP contribution in [-0.4, -0.2) is 14.8 Å². The molecule has 0 amide bonds. The molecule has 0 aliphatic heterocycles. The van der Waals surface area contributed by atoms with Crippen LogP contribution in [0.5, 0.6) is 0 Å². The van der Waals surface area contributed by atoms with Gasteiger partial charge in [0.25, 0.3) is 0 Å². The number of benzene rings is 2. The standard InChI is InChI=1S/C17H16Cl2N4/c18-16-5-15(6-17(19)7-16)9-20-8-13-1-3-14(4-2-13)10-23-12-21-11-22-23/h1-7,11-12,20H,8-10H2. The first-order chi connectivity index (χ1) is 11.2. The molecule has 0 atom stereocenters. The van der Waals surface area contributed by atoms with Gasteiger partial charge in [-0.2, -0.15) is 5.10 Å². The van der Waals surface area contributed by atoms with Gasteiger partial charge in [0, 0.05) is 23.1 Å². The van der Waals surface area contributed by atoms with Crippen LogP contribution in [0.3, 0.4) is 0 Å². The number of rotatable bonds is 6. The smallest absolute Gasteiger partial charge is 0.137 e. The third-order valence-corrected chi connectivity index (χ3v) is 3.85. The van der Waals surface area contributed by atoms with Crippen LogP contribution in [0.15, 0.2) is 55.1 Å². The van der Waals surface area contributed by atoms with Crippen LogP contribution >= 0.6 is 23.2 Å². The van der Waals surface area contributed by atoms with Crippen molar-refractivity contribution in [3.8, 4) is 0 Å². The lowest BCUT2D eigenvalue weighted by atomic mass is 10.1. The van der Waals surface area contributed by atoms with Crippen LogP contribution in [0.1, 0.15) is 16.7 Å². The Hall–Kier alpha value is -1.88. The van der Waals surface area contributed by atoms with E-state index in [4.69, 9.17) is 23.2 Å². The quantitative estimate of drug-likeness (QED) is 0.735. The van der Waals surface area contributed by atoms with Crippen molar-refractivity contribution in [1.29, 1.82) is 0 Å². The van der Waals surface area contributed by atoms with Crippen LogP contribution in [0.4, 0.5) is 0 Å². The number of hydrogen-bond donors (Lipinski definition) is 1. The van der Waals surface area contributed by atoms with Crippen molar-refractivity contribution < 1.29 is 0 Å². The average molecular weight is 347 g/mol. The molecule has 0 fully saturated rings. The summed E-state index contributed by atoms with van der Waals surface area (Å²) in [4.78, 5) is 3.94. The Morgan fingerprint density at radius 1 is 0.870 bits per heavy atom. The fourth-order valence-electron chi connectivity index (χ4n) is 2.33. The van der Waals surface area contributed by atoms with Crippen LogP contribution in [0.2, 0.25) is 10.0 Å². The molecule has 3 aromatic rings. The van der Waals surface area contributed by atoms with Gasteiger partial charge in [-0.15, -0.1) is 0 Å². The molecule has 3 rings (SSSR count). The van der Waals surface area contributed by atoms with Gasteiger partial charge in [0.1, 0.15) is 12.7 Å². The topological polar surface area (TPSA) is 42.7 Å². The maximum absolute atomic E-state index is 6.00. The molecule has 0 aliphatic carbocycles. The van der Waals surface area contributed by atoms with E-state index in [1.807, 2.05) is 12.1 Å². The highest BCUT2D eigenvalue weighted by molar-refractivity contribution is 6.34. The summed E-state index contributed by atoms with van der Waals surface area (Å²) in [5, 5.41) is 8.81. The van der Waals surface area contributed by atoms with Crippen molar-refractivity contribution in [2.24, 2.45) is 0 Å². The van der Waals surface area contributed by atoms with E-state index in [-0.39, 0.29) is 0 Å². The lowest BCUT2D eigenvalue weighted by molar-refractivity contribution is 0.680. The SMILES string of the molecule is Clc1cc(Cl)cc(CNCc2ccc(Cn3cncn3)cc2)c1. The normalized spacial score (nSPS) is 10.9. The molecule has 1 aromatic heterocycles. The van der Waals surface area contributed by atoms with E-state index in [0.717, 1.165) is 25.2 Å². The summed E-state index contributed by atoms with van der Waals surface area (Å²) in [5.74, 6) is 0. The summed E-state index contributed by atoms with van der Waals surface area (Å²) >= 11 is 12.0. The molecule has 0 aliphatic rings. The monoisotopic (exact) mass is 346 g/mol. The van der Waals surface area contributed by atoms with Crippen molar-refractivity contribution in [2.45, 2.75) is 19.6 Å². The first-order valence-electron chi connectivity index (χ1n) is 7.25. The van der Waals surface area contributed by atoms with Gasteiger partial charge < -0.3 is 5.32 Å². The largest absolute Gasteiger partial charge is 0.309 e. The predicted octanol–water partition coefficient (Wildman–Crippen LogP) is 3.92. The third kappa shape index (κ3) is 4.79. The molecule has 0 spiro atoms. The summed E-state index contributed by atoms with van der Waals surface area (Å²) in [6.45, 7) is 2.24. The molecule has 1 N–H and O–H groups in total. The van der Waals surface area contributed by atoms with Gasteiger partial charge in [0.2, 0.25) is 0 Å².